The zero-order valence-corrected chi connectivity index (χ0v) is 23.4. The fourth-order valence-corrected chi connectivity index (χ4v) is 10.3. The zero-order chi connectivity index (χ0) is 26.2. The Bertz CT molecular complexity index is 924. The molecule has 4 rings (SSSR count). The van der Waals surface area contributed by atoms with Gasteiger partial charge in [-0.05, 0) is 112 Å². The van der Waals surface area contributed by atoms with Crippen LogP contribution in [0.25, 0.3) is 0 Å². The van der Waals surface area contributed by atoms with Gasteiger partial charge in [-0.2, -0.15) is 0 Å². The molecule has 4 heteroatoms. The lowest BCUT2D eigenvalue weighted by molar-refractivity contribution is -0.228. The molecule has 0 radical (unpaired) electrons. The smallest absolute Gasteiger partial charge is 0.167 e. The molecule has 0 saturated heterocycles. The maximum atomic E-state index is 13.2. The molecule has 35 heavy (non-hydrogen) atoms. The van der Waals surface area contributed by atoms with Crippen molar-refractivity contribution in [1.82, 2.24) is 0 Å². The van der Waals surface area contributed by atoms with Crippen molar-refractivity contribution in [1.29, 1.82) is 0 Å². The first kappa shape index (κ1) is 26.9. The minimum Gasteiger partial charge on any atom is -0.515 e. The van der Waals surface area contributed by atoms with Gasteiger partial charge in [0.15, 0.2) is 5.78 Å². The molecule has 4 unspecified atom stereocenters. The summed E-state index contributed by atoms with van der Waals surface area (Å²) in [7, 11) is 0. The predicted octanol–water partition coefficient (Wildman–Crippen LogP) is 6.76. The van der Waals surface area contributed by atoms with Gasteiger partial charge in [0.05, 0.1) is 18.0 Å². The quantitative estimate of drug-likeness (QED) is 0.233. The molecular formula is C31H50O4. The molecule has 3 N–H and O–H groups in total. The minimum atomic E-state index is -0.800. The van der Waals surface area contributed by atoms with E-state index in [1.165, 1.54) is 5.57 Å². The normalized spacial score (nSPS) is 47.4. The summed E-state index contributed by atoms with van der Waals surface area (Å²) in [5.41, 5.74) is 0.307. The molecular weight excluding hydrogens is 436 g/mol. The average Bonchev–Trinajstić information content (AvgIpc) is 3.13. The Morgan fingerprint density at radius 2 is 1.69 bits per heavy atom. The molecule has 4 aliphatic rings. The number of allylic oxidation sites excluding steroid dienone is 3. The van der Waals surface area contributed by atoms with Crippen molar-refractivity contribution in [3.8, 4) is 0 Å². The number of aliphatic hydroxyl groups is 3. The van der Waals surface area contributed by atoms with E-state index in [-0.39, 0.29) is 45.7 Å². The van der Waals surface area contributed by atoms with E-state index in [0.717, 1.165) is 44.8 Å². The lowest BCUT2D eigenvalue weighted by atomic mass is 9.35. The molecule has 198 valence electrons. The van der Waals surface area contributed by atoms with Crippen LogP contribution >= 0.6 is 0 Å². The van der Waals surface area contributed by atoms with Crippen molar-refractivity contribution in [3.05, 3.63) is 23.5 Å². The number of hydrogen-bond donors (Lipinski definition) is 3. The third kappa shape index (κ3) is 3.71. The van der Waals surface area contributed by atoms with Crippen molar-refractivity contribution in [3.63, 3.8) is 0 Å². The standard InChI is InChI=1S/C31H50O4/c1-19(2)10-9-13-31(8,35)21-11-14-30(7)25(21)22(33)16-24-28(5)17-20(18-32)26(34)27(3,4)23(28)12-15-29(24,30)6/h10,18,21-25,32-33,35H,9,11-17H2,1-8H3/b20-18-/t21?,22-,23?,24?,25?,28+,29-,30-,31+/m1/s1. The van der Waals surface area contributed by atoms with Crippen LogP contribution < -0.4 is 0 Å². The molecule has 0 aromatic heterocycles. The molecule has 4 aliphatic carbocycles. The Hall–Kier alpha value is -1.13. The Labute approximate surface area is 213 Å². The molecule has 0 aromatic rings. The molecule has 0 bridgehead atoms. The highest BCUT2D eigenvalue weighted by Crippen LogP contribution is 2.75. The highest BCUT2D eigenvalue weighted by atomic mass is 16.3. The monoisotopic (exact) mass is 486 g/mol. The van der Waals surface area contributed by atoms with Gasteiger partial charge >= 0.3 is 0 Å². The predicted molar refractivity (Wildman–Crippen MR) is 141 cm³/mol. The molecule has 0 spiro atoms. The molecule has 0 aromatic carbocycles. The van der Waals surface area contributed by atoms with E-state index in [4.69, 9.17) is 0 Å². The average molecular weight is 487 g/mol. The Morgan fingerprint density at radius 3 is 2.29 bits per heavy atom. The zero-order valence-electron chi connectivity index (χ0n) is 23.4. The Morgan fingerprint density at radius 1 is 1.06 bits per heavy atom. The summed E-state index contributed by atoms with van der Waals surface area (Å²) in [4.78, 5) is 13.2. The van der Waals surface area contributed by atoms with Crippen molar-refractivity contribution >= 4 is 5.78 Å². The van der Waals surface area contributed by atoms with Crippen molar-refractivity contribution in [2.75, 3.05) is 0 Å². The third-order valence-electron chi connectivity index (χ3n) is 12.1. The molecule has 4 saturated carbocycles. The number of rotatable bonds is 4. The topological polar surface area (TPSA) is 77.8 Å². The van der Waals surface area contributed by atoms with E-state index in [9.17, 15) is 20.1 Å². The second-order valence-corrected chi connectivity index (χ2v) is 14.5. The highest BCUT2D eigenvalue weighted by Gasteiger charge is 2.71. The maximum Gasteiger partial charge on any atom is 0.167 e. The van der Waals surface area contributed by atoms with E-state index in [1.807, 2.05) is 6.92 Å². The number of carbonyl (C=O) groups is 1. The van der Waals surface area contributed by atoms with Crippen LogP contribution in [0.2, 0.25) is 0 Å². The van der Waals surface area contributed by atoms with Crippen molar-refractivity contribution < 1.29 is 20.1 Å². The van der Waals surface area contributed by atoms with E-state index < -0.39 is 17.1 Å². The van der Waals surface area contributed by atoms with Crippen molar-refractivity contribution in [2.45, 2.75) is 118 Å². The summed E-state index contributed by atoms with van der Waals surface area (Å²) in [5, 5.41) is 33.4. The second kappa shape index (κ2) is 8.45. The largest absolute Gasteiger partial charge is 0.515 e. The fourth-order valence-electron chi connectivity index (χ4n) is 10.3. The summed E-state index contributed by atoms with van der Waals surface area (Å²) in [6, 6.07) is 0. The number of hydrogen-bond acceptors (Lipinski definition) is 4. The van der Waals surface area contributed by atoms with Crippen LogP contribution in [0, 0.1) is 45.3 Å². The minimum absolute atomic E-state index is 0.0178. The summed E-state index contributed by atoms with van der Waals surface area (Å²) >= 11 is 0. The van der Waals surface area contributed by atoms with Crippen LogP contribution in [0.3, 0.4) is 0 Å². The number of aliphatic hydroxyl groups excluding tert-OH is 2. The fraction of sp³-hybridized carbons (Fsp3) is 0.839. The first-order valence-electron chi connectivity index (χ1n) is 14.0. The Kier molecular flexibility index (Phi) is 6.50. The van der Waals surface area contributed by atoms with Gasteiger partial charge in [-0.25, -0.2) is 0 Å². The molecule has 4 nitrogen and oxygen atoms in total. The number of carbonyl (C=O) groups excluding carboxylic acids is 1. The highest BCUT2D eigenvalue weighted by molar-refractivity contribution is 6.00. The van der Waals surface area contributed by atoms with Gasteiger partial charge in [0.2, 0.25) is 0 Å². The summed E-state index contributed by atoms with van der Waals surface area (Å²) in [6.07, 6.45) is 9.73. The van der Waals surface area contributed by atoms with Gasteiger partial charge in [0.1, 0.15) is 0 Å². The third-order valence-corrected chi connectivity index (χ3v) is 12.1. The van der Waals surface area contributed by atoms with Gasteiger partial charge in [0.25, 0.3) is 0 Å². The first-order chi connectivity index (χ1) is 16.1. The van der Waals surface area contributed by atoms with Crippen LogP contribution in [-0.2, 0) is 4.79 Å². The van der Waals surface area contributed by atoms with Crippen molar-refractivity contribution in [2.24, 2.45) is 45.3 Å². The van der Waals surface area contributed by atoms with Crippen LogP contribution in [0.15, 0.2) is 23.5 Å². The van der Waals surface area contributed by atoms with Gasteiger partial charge in [-0.1, -0.05) is 46.3 Å². The Balaban J connectivity index is 1.71. The lowest BCUT2D eigenvalue weighted by Crippen LogP contribution is -2.66. The lowest BCUT2D eigenvalue weighted by Gasteiger charge is -2.69. The van der Waals surface area contributed by atoms with E-state index in [1.54, 1.807) is 0 Å². The van der Waals surface area contributed by atoms with Crippen LogP contribution in [0.1, 0.15) is 107 Å². The van der Waals surface area contributed by atoms with E-state index in [2.05, 4.69) is 54.5 Å². The van der Waals surface area contributed by atoms with Gasteiger partial charge in [0, 0.05) is 11.0 Å². The molecule has 0 aliphatic heterocycles. The van der Waals surface area contributed by atoms with E-state index >= 15 is 0 Å². The summed E-state index contributed by atoms with van der Waals surface area (Å²) < 4.78 is 0. The number of fused-ring (bicyclic) bond motifs is 5. The summed E-state index contributed by atoms with van der Waals surface area (Å²) in [6.45, 7) is 17.5. The second-order valence-electron chi connectivity index (χ2n) is 14.5. The van der Waals surface area contributed by atoms with Crippen LogP contribution in [0.4, 0.5) is 0 Å². The molecule has 0 amide bonds. The first-order valence-corrected chi connectivity index (χ1v) is 14.0. The SMILES string of the molecule is CC(C)=CCC[C@](C)(O)C1CC[C@]2(C)C1[C@H](O)CC1[C@@]3(C)C/C(=C/O)C(=O)C(C)(C)C3CC[C@]12C. The maximum absolute atomic E-state index is 13.2. The van der Waals surface area contributed by atoms with Gasteiger partial charge in [-0.3, -0.25) is 4.79 Å². The van der Waals surface area contributed by atoms with Crippen LogP contribution in [0.5, 0.6) is 0 Å². The van der Waals surface area contributed by atoms with Gasteiger partial charge < -0.3 is 15.3 Å². The van der Waals surface area contributed by atoms with Crippen LogP contribution in [-0.4, -0.2) is 32.8 Å². The van der Waals surface area contributed by atoms with E-state index in [0.29, 0.717) is 18.4 Å². The number of Topliss-reactive ketones (excluding diaryl/α,β-unsaturated/α-hetero) is 1. The van der Waals surface area contributed by atoms with Gasteiger partial charge in [-0.15, -0.1) is 0 Å². The number of ketones is 1. The molecule has 0 heterocycles. The summed E-state index contributed by atoms with van der Waals surface area (Å²) in [5.74, 6) is 0.757. The molecule has 4 fully saturated rings. The molecule has 9 atom stereocenters.